The van der Waals surface area contributed by atoms with Crippen molar-refractivity contribution < 1.29 is 4.79 Å². The van der Waals surface area contributed by atoms with E-state index in [0.717, 1.165) is 39.0 Å². The first-order valence-corrected chi connectivity index (χ1v) is 9.73. The highest BCUT2D eigenvalue weighted by Gasteiger charge is 2.20. The Hall–Kier alpha value is -3.53. The SMILES string of the molecule is Cc1nc2ccccc2c(C)c1CC(=O)NC(c1ccccc1)c1ccccn1. The molecule has 2 heterocycles. The molecule has 0 spiro atoms. The van der Waals surface area contributed by atoms with Crippen LogP contribution in [-0.4, -0.2) is 15.9 Å². The van der Waals surface area contributed by atoms with Crippen LogP contribution >= 0.6 is 0 Å². The van der Waals surface area contributed by atoms with Crippen LogP contribution in [0, 0.1) is 13.8 Å². The van der Waals surface area contributed by atoms with Crippen LogP contribution < -0.4 is 5.32 Å². The molecule has 2 aromatic heterocycles. The fourth-order valence-electron chi connectivity index (χ4n) is 3.72. The second-order valence-corrected chi connectivity index (χ2v) is 7.16. The standard InChI is InChI=1S/C25H23N3O/c1-17-20-12-6-7-13-22(20)27-18(2)21(17)16-24(29)28-25(19-10-4-3-5-11-19)23-14-8-9-15-26-23/h3-15,25H,16H2,1-2H3,(H,28,29). The summed E-state index contributed by atoms with van der Waals surface area (Å²) in [4.78, 5) is 22.2. The summed E-state index contributed by atoms with van der Waals surface area (Å²) >= 11 is 0. The maximum Gasteiger partial charge on any atom is 0.225 e. The molecule has 0 saturated carbocycles. The lowest BCUT2D eigenvalue weighted by molar-refractivity contribution is -0.121. The number of carbonyl (C=O) groups excluding carboxylic acids is 1. The largest absolute Gasteiger partial charge is 0.343 e. The molecule has 0 fully saturated rings. The molecular formula is C25H23N3O. The van der Waals surface area contributed by atoms with Gasteiger partial charge in [-0.2, -0.15) is 0 Å². The Bertz CT molecular complexity index is 1100. The van der Waals surface area contributed by atoms with Crippen molar-refractivity contribution >= 4 is 16.8 Å². The average molecular weight is 381 g/mol. The molecule has 4 rings (SSSR count). The summed E-state index contributed by atoms with van der Waals surface area (Å²) in [6.45, 7) is 4.03. The number of rotatable bonds is 5. The van der Waals surface area contributed by atoms with E-state index < -0.39 is 0 Å². The van der Waals surface area contributed by atoms with Gasteiger partial charge in [0.25, 0.3) is 0 Å². The minimum Gasteiger partial charge on any atom is -0.343 e. The van der Waals surface area contributed by atoms with E-state index in [1.807, 2.05) is 73.7 Å². The van der Waals surface area contributed by atoms with E-state index in [1.165, 1.54) is 0 Å². The van der Waals surface area contributed by atoms with Crippen LogP contribution in [0.3, 0.4) is 0 Å². The number of nitrogens with zero attached hydrogens (tertiary/aromatic N) is 2. The summed E-state index contributed by atoms with van der Waals surface area (Å²) in [5.74, 6) is -0.0483. The molecule has 0 aliphatic carbocycles. The number of aryl methyl sites for hydroxylation is 2. The Labute approximate surface area is 170 Å². The molecule has 4 aromatic rings. The third-order valence-corrected chi connectivity index (χ3v) is 5.24. The topological polar surface area (TPSA) is 54.9 Å². The minimum atomic E-state index is -0.293. The summed E-state index contributed by atoms with van der Waals surface area (Å²) < 4.78 is 0. The zero-order valence-corrected chi connectivity index (χ0v) is 16.6. The van der Waals surface area contributed by atoms with Crippen molar-refractivity contribution in [3.05, 3.63) is 107 Å². The molecule has 144 valence electrons. The van der Waals surface area contributed by atoms with Gasteiger partial charge in [0, 0.05) is 17.3 Å². The van der Waals surface area contributed by atoms with Crippen molar-refractivity contribution in [2.75, 3.05) is 0 Å². The maximum absolute atomic E-state index is 13.0. The molecule has 4 heteroatoms. The van der Waals surface area contributed by atoms with E-state index >= 15 is 0 Å². The monoisotopic (exact) mass is 381 g/mol. The van der Waals surface area contributed by atoms with Gasteiger partial charge in [0.15, 0.2) is 0 Å². The van der Waals surface area contributed by atoms with Crippen LogP contribution in [0.15, 0.2) is 79.0 Å². The van der Waals surface area contributed by atoms with Gasteiger partial charge in [-0.05, 0) is 48.7 Å². The second kappa shape index (κ2) is 8.23. The summed E-state index contributed by atoms with van der Waals surface area (Å²) in [6.07, 6.45) is 2.03. The number of hydrogen-bond acceptors (Lipinski definition) is 3. The van der Waals surface area contributed by atoms with Crippen LogP contribution in [0.1, 0.15) is 34.1 Å². The van der Waals surface area contributed by atoms with E-state index in [-0.39, 0.29) is 18.4 Å². The van der Waals surface area contributed by atoms with Crippen LogP contribution in [0.2, 0.25) is 0 Å². The minimum absolute atomic E-state index is 0.0483. The second-order valence-electron chi connectivity index (χ2n) is 7.16. The van der Waals surface area contributed by atoms with Crippen LogP contribution in [0.4, 0.5) is 0 Å². The maximum atomic E-state index is 13.0. The van der Waals surface area contributed by atoms with E-state index in [0.29, 0.717) is 0 Å². The lowest BCUT2D eigenvalue weighted by Gasteiger charge is -2.20. The molecule has 1 amide bonds. The summed E-state index contributed by atoms with van der Waals surface area (Å²) in [6, 6.07) is 23.4. The molecule has 0 bridgehead atoms. The summed E-state index contributed by atoms with van der Waals surface area (Å²) in [5, 5.41) is 4.26. The molecule has 4 nitrogen and oxygen atoms in total. The number of pyridine rings is 2. The zero-order chi connectivity index (χ0) is 20.2. The highest BCUT2D eigenvalue weighted by atomic mass is 16.1. The van der Waals surface area contributed by atoms with Crippen molar-refractivity contribution in [1.29, 1.82) is 0 Å². The number of nitrogens with one attached hydrogen (secondary N) is 1. The number of amides is 1. The lowest BCUT2D eigenvalue weighted by Crippen LogP contribution is -2.31. The van der Waals surface area contributed by atoms with Crippen molar-refractivity contribution in [2.45, 2.75) is 26.3 Å². The Morgan fingerprint density at radius 2 is 1.66 bits per heavy atom. The zero-order valence-electron chi connectivity index (χ0n) is 16.6. The molecule has 1 atom stereocenters. The molecule has 0 aliphatic heterocycles. The number of para-hydroxylation sites is 1. The quantitative estimate of drug-likeness (QED) is 0.545. The van der Waals surface area contributed by atoms with E-state index in [1.54, 1.807) is 6.20 Å². The number of aromatic nitrogens is 2. The third-order valence-electron chi connectivity index (χ3n) is 5.24. The molecule has 1 N–H and O–H groups in total. The number of hydrogen-bond donors (Lipinski definition) is 1. The van der Waals surface area contributed by atoms with Gasteiger partial charge < -0.3 is 5.32 Å². The highest BCUT2D eigenvalue weighted by Crippen LogP contribution is 2.24. The Balaban J connectivity index is 1.63. The van der Waals surface area contributed by atoms with Crippen LogP contribution in [0.25, 0.3) is 10.9 Å². The summed E-state index contributed by atoms with van der Waals surface area (Å²) in [7, 11) is 0. The molecule has 0 radical (unpaired) electrons. The van der Waals surface area contributed by atoms with Gasteiger partial charge in [-0.25, -0.2) is 0 Å². The predicted molar refractivity (Wildman–Crippen MR) is 116 cm³/mol. The van der Waals surface area contributed by atoms with Gasteiger partial charge in [-0.15, -0.1) is 0 Å². The third kappa shape index (κ3) is 4.02. The van der Waals surface area contributed by atoms with Gasteiger partial charge in [0.2, 0.25) is 5.91 Å². The van der Waals surface area contributed by atoms with Crippen molar-refractivity contribution in [3.63, 3.8) is 0 Å². The normalized spacial score (nSPS) is 11.9. The number of benzene rings is 2. The fourth-order valence-corrected chi connectivity index (χ4v) is 3.72. The molecular weight excluding hydrogens is 358 g/mol. The van der Waals surface area contributed by atoms with Gasteiger partial charge in [0.1, 0.15) is 0 Å². The smallest absolute Gasteiger partial charge is 0.225 e. The highest BCUT2D eigenvalue weighted by molar-refractivity contribution is 5.86. The van der Waals surface area contributed by atoms with Crippen molar-refractivity contribution in [2.24, 2.45) is 0 Å². The molecule has 0 saturated heterocycles. The van der Waals surface area contributed by atoms with Gasteiger partial charge in [-0.1, -0.05) is 54.6 Å². The first kappa shape index (κ1) is 18.8. The number of fused-ring (bicyclic) bond motifs is 1. The van der Waals surface area contributed by atoms with Crippen LogP contribution in [0.5, 0.6) is 0 Å². The number of carbonyl (C=O) groups is 1. The van der Waals surface area contributed by atoms with E-state index in [4.69, 9.17) is 4.98 Å². The van der Waals surface area contributed by atoms with E-state index in [9.17, 15) is 4.79 Å². The molecule has 2 aromatic carbocycles. The summed E-state index contributed by atoms with van der Waals surface area (Å²) in [5.41, 5.74) is 5.76. The van der Waals surface area contributed by atoms with Crippen LogP contribution in [-0.2, 0) is 11.2 Å². The Kier molecular flexibility index (Phi) is 5.34. The van der Waals surface area contributed by atoms with Gasteiger partial charge >= 0.3 is 0 Å². The average Bonchev–Trinajstić information content (AvgIpc) is 2.76. The Morgan fingerprint density at radius 1 is 0.931 bits per heavy atom. The van der Waals surface area contributed by atoms with Crippen molar-refractivity contribution in [1.82, 2.24) is 15.3 Å². The molecule has 0 aliphatic rings. The van der Waals surface area contributed by atoms with E-state index in [2.05, 4.69) is 23.3 Å². The predicted octanol–water partition coefficient (Wildman–Crippen LogP) is 4.69. The molecule has 1 unspecified atom stereocenters. The van der Waals surface area contributed by atoms with Gasteiger partial charge in [-0.3, -0.25) is 14.8 Å². The Morgan fingerprint density at radius 3 is 2.41 bits per heavy atom. The fraction of sp³-hybridized carbons (Fsp3) is 0.160. The first-order valence-electron chi connectivity index (χ1n) is 9.73. The molecule has 29 heavy (non-hydrogen) atoms. The van der Waals surface area contributed by atoms with Crippen molar-refractivity contribution in [3.8, 4) is 0 Å². The lowest BCUT2D eigenvalue weighted by atomic mass is 9.98. The van der Waals surface area contributed by atoms with Gasteiger partial charge in [0.05, 0.1) is 23.7 Å². The first-order chi connectivity index (χ1) is 14.1.